The van der Waals surface area contributed by atoms with Gasteiger partial charge in [-0.15, -0.1) is 0 Å². The largest absolute Gasteiger partial charge is 0.508 e. The van der Waals surface area contributed by atoms with Gasteiger partial charge in [0.25, 0.3) is 5.91 Å². The van der Waals surface area contributed by atoms with E-state index in [1.165, 1.54) is 51.2 Å². The smallest absolute Gasteiger partial charge is 0.326 e. The molecule has 0 spiro atoms. The molecular weight excluding hydrogens is 931 g/mol. The summed E-state index contributed by atoms with van der Waals surface area (Å²) in [5.41, 5.74) is 1.82. The van der Waals surface area contributed by atoms with Crippen molar-refractivity contribution in [3.8, 4) is 5.75 Å². The van der Waals surface area contributed by atoms with Gasteiger partial charge in [-0.3, -0.25) is 33.6 Å². The molecule has 0 aromatic heterocycles. The Balaban J connectivity index is 2.13. The summed E-state index contributed by atoms with van der Waals surface area (Å²) in [6.45, 7) is 13.8. The number of phenolic OH excluding ortho intramolecular Hbond substituents is 1. The Bertz CT molecular complexity index is 2320. The lowest BCUT2D eigenvalue weighted by Gasteiger charge is -2.27. The minimum absolute atomic E-state index is 0.0328. The van der Waals surface area contributed by atoms with Crippen LogP contribution in [0.3, 0.4) is 0 Å². The second-order valence-corrected chi connectivity index (χ2v) is 18.4. The molecule has 392 valence electrons. The van der Waals surface area contributed by atoms with Gasteiger partial charge in [-0.1, -0.05) is 107 Å². The normalized spacial score (nSPS) is 24.5. The highest BCUT2D eigenvalue weighted by Gasteiger charge is 2.35. The molecule has 1 heterocycles. The fraction of sp³-hybridized carbons (Fsp3) is 0.481. The van der Waals surface area contributed by atoms with Crippen molar-refractivity contribution in [3.05, 3.63) is 102 Å². The van der Waals surface area contributed by atoms with Crippen LogP contribution in [0, 0.1) is 17.8 Å². The molecule has 0 saturated carbocycles. The molecule has 0 unspecified atom stereocenters. The number of rotatable bonds is 14. The highest BCUT2D eigenvalue weighted by Crippen LogP contribution is 2.19. The molecule has 2 aromatic carbocycles. The van der Waals surface area contributed by atoms with E-state index >= 15 is 0 Å². The number of benzene rings is 2. The summed E-state index contributed by atoms with van der Waals surface area (Å²) >= 11 is 0. The SMILES string of the molecule is C=C1C(=O)N[C@H](C)C(=O)N[C@@H](C[C@@H](C)CC)C(=O)N[C@@H](C(=O)O)CC(=O)N[C@@H](Cc2ccc(O)cc2)C(=O)N[C@@H](/C=C/C(C)=C/[C@H](C)[C@H](Cc2ccccc2)OC)[C@H](C)C(=O)N[C@@H](C(=O)O)CCC(=O)N1C. The van der Waals surface area contributed by atoms with Gasteiger partial charge in [-0.25, -0.2) is 9.59 Å². The van der Waals surface area contributed by atoms with Crippen LogP contribution in [0.5, 0.6) is 5.75 Å². The molecule has 72 heavy (non-hydrogen) atoms. The van der Waals surface area contributed by atoms with Gasteiger partial charge >= 0.3 is 11.9 Å². The number of likely N-dealkylation sites (N-methyl/N-ethyl adjacent to an activating group) is 1. The fourth-order valence-electron chi connectivity index (χ4n) is 7.66. The predicted molar refractivity (Wildman–Crippen MR) is 266 cm³/mol. The molecule has 20 heteroatoms. The van der Waals surface area contributed by atoms with E-state index in [1.54, 1.807) is 27.0 Å². The monoisotopic (exact) mass is 1000 g/mol. The van der Waals surface area contributed by atoms with E-state index in [9.17, 15) is 58.5 Å². The topological polar surface area (TPSA) is 299 Å². The van der Waals surface area contributed by atoms with E-state index in [0.29, 0.717) is 24.0 Å². The average molecular weight is 1000 g/mol. The summed E-state index contributed by atoms with van der Waals surface area (Å²) in [4.78, 5) is 122. The summed E-state index contributed by atoms with van der Waals surface area (Å²) in [6.07, 6.45) is 4.13. The number of ether oxygens (including phenoxy) is 1. The Morgan fingerprint density at radius 3 is 2.01 bits per heavy atom. The van der Waals surface area contributed by atoms with Crippen LogP contribution in [0.2, 0.25) is 0 Å². The summed E-state index contributed by atoms with van der Waals surface area (Å²) < 4.78 is 5.82. The van der Waals surface area contributed by atoms with Crippen molar-refractivity contribution in [1.82, 2.24) is 36.8 Å². The second-order valence-electron chi connectivity index (χ2n) is 18.4. The number of carboxylic acids is 2. The zero-order chi connectivity index (χ0) is 53.8. The van der Waals surface area contributed by atoms with E-state index in [4.69, 9.17) is 4.74 Å². The van der Waals surface area contributed by atoms with Crippen molar-refractivity contribution in [3.63, 3.8) is 0 Å². The molecule has 20 nitrogen and oxygen atoms in total. The van der Waals surface area contributed by atoms with Crippen LogP contribution < -0.4 is 31.9 Å². The van der Waals surface area contributed by atoms with E-state index < -0.39 is 120 Å². The van der Waals surface area contributed by atoms with Gasteiger partial charge in [0.05, 0.1) is 24.5 Å². The lowest BCUT2D eigenvalue weighted by atomic mass is 9.94. The summed E-state index contributed by atoms with van der Waals surface area (Å²) in [6, 6.07) is 6.69. The third kappa shape index (κ3) is 18.8. The Hall–Kier alpha value is -7.35. The van der Waals surface area contributed by atoms with Gasteiger partial charge in [0, 0.05) is 32.9 Å². The highest BCUT2D eigenvalue weighted by atomic mass is 16.5. The molecule has 1 aliphatic heterocycles. The molecule has 9 N–H and O–H groups in total. The maximum Gasteiger partial charge on any atom is 0.326 e. The molecule has 2 aromatic rings. The molecule has 0 radical (unpaired) electrons. The Labute approximate surface area is 420 Å². The number of carbonyl (C=O) groups is 9. The van der Waals surface area contributed by atoms with Crippen LogP contribution >= 0.6 is 0 Å². The average Bonchev–Trinajstić information content (AvgIpc) is 3.34. The molecule has 7 amide bonds. The van der Waals surface area contributed by atoms with Gasteiger partial charge < -0.3 is 56.9 Å². The Kier molecular flexibility index (Phi) is 23.3. The summed E-state index contributed by atoms with van der Waals surface area (Å²) in [5.74, 6) is -10.9. The van der Waals surface area contributed by atoms with Crippen molar-refractivity contribution in [2.45, 2.75) is 129 Å². The number of aliphatic carboxylic acids is 2. The third-order valence-corrected chi connectivity index (χ3v) is 12.6. The number of carbonyl (C=O) groups excluding carboxylic acids is 7. The number of hydrogen-bond acceptors (Lipinski definition) is 11. The van der Waals surface area contributed by atoms with E-state index in [2.05, 4.69) is 38.5 Å². The molecule has 0 aliphatic carbocycles. The number of methoxy groups -OCH3 is 1. The number of amides is 7. The summed E-state index contributed by atoms with van der Waals surface area (Å²) in [5, 5.41) is 45.4. The zero-order valence-electron chi connectivity index (χ0n) is 42.2. The van der Waals surface area contributed by atoms with Crippen molar-refractivity contribution < 1.29 is 63.2 Å². The quantitative estimate of drug-likeness (QED) is 0.0973. The van der Waals surface area contributed by atoms with Crippen LogP contribution in [0.25, 0.3) is 0 Å². The minimum atomic E-state index is -1.86. The van der Waals surface area contributed by atoms with Crippen LogP contribution in [0.4, 0.5) is 0 Å². The first-order chi connectivity index (χ1) is 33.9. The Morgan fingerprint density at radius 1 is 0.806 bits per heavy atom. The van der Waals surface area contributed by atoms with Crippen molar-refractivity contribution >= 4 is 53.3 Å². The first-order valence-electron chi connectivity index (χ1n) is 23.9. The molecule has 1 saturated heterocycles. The van der Waals surface area contributed by atoms with Gasteiger partial charge in [-0.2, -0.15) is 0 Å². The van der Waals surface area contributed by atoms with Crippen LogP contribution in [-0.4, -0.2) is 130 Å². The predicted octanol–water partition coefficient (Wildman–Crippen LogP) is 2.66. The van der Waals surface area contributed by atoms with Crippen molar-refractivity contribution in [2.24, 2.45) is 17.8 Å². The minimum Gasteiger partial charge on any atom is -0.508 e. The Morgan fingerprint density at radius 2 is 1.42 bits per heavy atom. The lowest BCUT2D eigenvalue weighted by Crippen LogP contribution is -2.57. The first-order valence-corrected chi connectivity index (χ1v) is 23.9. The van der Waals surface area contributed by atoms with E-state index in [1.807, 2.05) is 50.3 Å². The standard InChI is InChI=1S/C52H71N7O13/c1-10-29(2)25-40-49(66)58-42(52(70)71)28-44(61)54-41(26-36-17-19-37(60)20-18-36)50(67)55-38(21-16-30(3)24-31(4)43(72-9)27-35-14-12-11-13-15-35)32(5)46(63)56-39(51(68)69)22-23-45(62)59(8)34(7)48(65)53-33(6)47(64)57-40/h11-21,24,29,31-33,38-43,60H,7,10,22-23,25-28H2,1-6,8-9H3,(H,53,65)(H,54,61)(H,55,67)(H,56,63)(H,57,64)(H,58,66)(H,68,69)(H,70,71)/b21-16+,30-24+/t29-,31-,32-,33+,38-,39+,40-,41-,42+,43-/m0/s1. The molecule has 1 fully saturated rings. The third-order valence-electron chi connectivity index (χ3n) is 12.6. The maximum atomic E-state index is 14.5. The fourth-order valence-corrected chi connectivity index (χ4v) is 7.66. The second kappa shape index (κ2) is 28.5. The molecule has 3 rings (SSSR count). The number of nitrogens with one attached hydrogen (secondary N) is 6. The number of carboxylic acid groups (broad SMARTS) is 2. The number of hydrogen-bond donors (Lipinski definition) is 9. The van der Waals surface area contributed by atoms with E-state index in [-0.39, 0.29) is 36.5 Å². The number of nitrogens with zero attached hydrogens (tertiary/aromatic N) is 1. The first kappa shape index (κ1) is 59.0. The van der Waals surface area contributed by atoms with Crippen molar-refractivity contribution in [1.29, 1.82) is 0 Å². The molecule has 10 atom stereocenters. The van der Waals surface area contributed by atoms with Gasteiger partial charge in [0.1, 0.15) is 41.7 Å². The molecule has 1 aliphatic rings. The van der Waals surface area contributed by atoms with Gasteiger partial charge in [0.2, 0.25) is 35.4 Å². The zero-order valence-corrected chi connectivity index (χ0v) is 42.2. The van der Waals surface area contributed by atoms with Crippen LogP contribution in [0.1, 0.15) is 84.8 Å². The molecule has 0 bridgehead atoms. The number of phenols is 1. The lowest BCUT2D eigenvalue weighted by molar-refractivity contribution is -0.144. The van der Waals surface area contributed by atoms with Crippen LogP contribution in [-0.2, 0) is 60.7 Å². The highest BCUT2D eigenvalue weighted by molar-refractivity contribution is 6.00. The molecular formula is C52H71N7O13. The maximum absolute atomic E-state index is 14.5. The van der Waals surface area contributed by atoms with Gasteiger partial charge in [-0.05, 0) is 62.3 Å². The number of aromatic hydroxyl groups is 1. The van der Waals surface area contributed by atoms with Crippen molar-refractivity contribution in [2.75, 3.05) is 14.2 Å². The van der Waals surface area contributed by atoms with Crippen LogP contribution in [0.15, 0.2) is 90.7 Å². The summed E-state index contributed by atoms with van der Waals surface area (Å²) in [7, 11) is 2.83. The van der Waals surface area contributed by atoms with E-state index in [0.717, 1.165) is 10.5 Å². The number of allylic oxidation sites excluding steroid dienone is 2. The van der Waals surface area contributed by atoms with Gasteiger partial charge in [0.15, 0.2) is 0 Å².